The number of para-hydroxylation sites is 1. The van der Waals surface area contributed by atoms with Crippen molar-refractivity contribution in [3.63, 3.8) is 0 Å². The standard InChI is InChI=1S/C32H37ClN2O6/c1-4-18-34(24-15-11-10-14-23(24)33)29(38)27-32-17-16-31(5-2,41-32)26(30(39)40-6-3)25(32)28(37)35(27)22(20-36)19-21-12-8-7-9-13-21/h4,7-15,22,25-27,36H,1,5-6,16-20H2,2-3H3/t22-,25+,26-,27?,31+,32?/m1/s1. The summed E-state index contributed by atoms with van der Waals surface area (Å²) in [6, 6.07) is 14.7. The second-order valence-electron chi connectivity index (χ2n) is 11.0. The molecule has 3 heterocycles. The molecule has 2 aromatic rings. The van der Waals surface area contributed by atoms with Gasteiger partial charge in [0.2, 0.25) is 5.91 Å². The number of aliphatic hydroxyl groups is 1. The smallest absolute Gasteiger partial charge is 0.312 e. The summed E-state index contributed by atoms with van der Waals surface area (Å²) in [5.74, 6) is -3.01. The summed E-state index contributed by atoms with van der Waals surface area (Å²) in [6.45, 7) is 7.45. The van der Waals surface area contributed by atoms with Gasteiger partial charge in [-0.25, -0.2) is 0 Å². The number of esters is 1. The zero-order valence-electron chi connectivity index (χ0n) is 23.5. The number of hydrogen-bond donors (Lipinski definition) is 1. The third-order valence-electron chi connectivity index (χ3n) is 9.03. The minimum absolute atomic E-state index is 0.143. The predicted molar refractivity (Wildman–Crippen MR) is 155 cm³/mol. The Hall–Kier alpha value is -3.20. The summed E-state index contributed by atoms with van der Waals surface area (Å²) < 4.78 is 12.3. The highest BCUT2D eigenvalue weighted by molar-refractivity contribution is 6.34. The zero-order valence-corrected chi connectivity index (χ0v) is 24.3. The van der Waals surface area contributed by atoms with Crippen LogP contribution in [0, 0.1) is 11.8 Å². The summed E-state index contributed by atoms with van der Waals surface area (Å²) >= 11 is 6.56. The first kappa shape index (κ1) is 29.3. The second-order valence-corrected chi connectivity index (χ2v) is 11.5. The number of nitrogens with zero attached hydrogens (tertiary/aromatic N) is 2. The Morgan fingerprint density at radius 2 is 1.90 bits per heavy atom. The molecule has 218 valence electrons. The molecule has 2 aromatic carbocycles. The van der Waals surface area contributed by atoms with Crippen molar-refractivity contribution in [2.45, 2.75) is 62.8 Å². The van der Waals surface area contributed by atoms with E-state index in [0.717, 1.165) is 5.56 Å². The minimum Gasteiger partial charge on any atom is -0.466 e. The van der Waals surface area contributed by atoms with E-state index in [1.54, 1.807) is 37.3 Å². The molecule has 1 N–H and O–H groups in total. The molecule has 2 bridgehead atoms. The average molecular weight is 581 g/mol. The molecule has 0 aliphatic carbocycles. The third-order valence-corrected chi connectivity index (χ3v) is 9.35. The van der Waals surface area contributed by atoms with E-state index in [9.17, 15) is 19.5 Å². The van der Waals surface area contributed by atoms with Crippen LogP contribution >= 0.6 is 11.6 Å². The Bertz CT molecular complexity index is 1320. The summed E-state index contributed by atoms with van der Waals surface area (Å²) in [5, 5.41) is 11.0. The number of ether oxygens (including phenoxy) is 2. The monoisotopic (exact) mass is 580 g/mol. The number of likely N-dealkylation sites (tertiary alicyclic amines) is 1. The summed E-state index contributed by atoms with van der Waals surface area (Å²) in [5.41, 5.74) is -0.772. The minimum atomic E-state index is -1.26. The normalized spacial score (nSPS) is 28.8. The van der Waals surface area contributed by atoms with E-state index in [1.807, 2.05) is 37.3 Å². The van der Waals surface area contributed by atoms with Crippen molar-refractivity contribution in [2.24, 2.45) is 11.8 Å². The van der Waals surface area contributed by atoms with Gasteiger partial charge in [-0.2, -0.15) is 0 Å². The van der Waals surface area contributed by atoms with E-state index >= 15 is 0 Å². The Labute approximate surface area is 245 Å². The van der Waals surface area contributed by atoms with Crippen molar-refractivity contribution in [1.29, 1.82) is 0 Å². The first-order valence-electron chi connectivity index (χ1n) is 14.3. The van der Waals surface area contributed by atoms with Crippen LogP contribution in [0.4, 0.5) is 5.69 Å². The first-order valence-corrected chi connectivity index (χ1v) is 14.7. The zero-order chi connectivity index (χ0) is 29.4. The van der Waals surface area contributed by atoms with Crippen molar-refractivity contribution >= 4 is 35.1 Å². The van der Waals surface area contributed by atoms with Crippen LogP contribution in [0.25, 0.3) is 0 Å². The highest BCUT2D eigenvalue weighted by Crippen LogP contribution is 2.65. The number of carbonyl (C=O) groups is 3. The van der Waals surface area contributed by atoms with Crippen LogP contribution in [0.3, 0.4) is 0 Å². The van der Waals surface area contributed by atoms with Gasteiger partial charge in [-0.1, -0.05) is 67.1 Å². The fourth-order valence-electron chi connectivity index (χ4n) is 7.31. The van der Waals surface area contributed by atoms with Crippen LogP contribution in [-0.4, -0.2) is 70.8 Å². The Morgan fingerprint density at radius 1 is 1.20 bits per heavy atom. The van der Waals surface area contributed by atoms with Gasteiger partial charge < -0.3 is 24.4 Å². The largest absolute Gasteiger partial charge is 0.466 e. The summed E-state index contributed by atoms with van der Waals surface area (Å²) in [4.78, 5) is 45.8. The molecule has 1 spiro atoms. The molecular formula is C32H37ClN2O6. The van der Waals surface area contributed by atoms with Crippen LogP contribution in [0.2, 0.25) is 5.02 Å². The lowest BCUT2D eigenvalue weighted by atomic mass is 9.65. The molecule has 0 saturated carbocycles. The molecular weight excluding hydrogens is 544 g/mol. The van der Waals surface area contributed by atoms with Gasteiger partial charge in [0.25, 0.3) is 5.91 Å². The maximum absolute atomic E-state index is 14.8. The SMILES string of the molecule is C=CCN(C(=O)C1N([C@@H](CO)Cc2ccccc2)C(=O)[C@@H]2[C@H](C(=O)OCC)[C@]3(CC)CCC12O3)c1ccccc1Cl. The number of benzene rings is 2. The summed E-state index contributed by atoms with van der Waals surface area (Å²) in [7, 11) is 0. The predicted octanol–water partition coefficient (Wildman–Crippen LogP) is 4.18. The highest BCUT2D eigenvalue weighted by Gasteiger charge is 2.79. The number of rotatable bonds is 11. The highest BCUT2D eigenvalue weighted by atomic mass is 35.5. The second kappa shape index (κ2) is 11.6. The van der Waals surface area contributed by atoms with Gasteiger partial charge in [0, 0.05) is 6.54 Å². The topological polar surface area (TPSA) is 96.4 Å². The van der Waals surface area contributed by atoms with Gasteiger partial charge in [0.05, 0.1) is 41.5 Å². The lowest BCUT2D eigenvalue weighted by Gasteiger charge is -2.39. The van der Waals surface area contributed by atoms with E-state index in [0.29, 0.717) is 36.4 Å². The molecule has 3 aliphatic heterocycles. The Kier molecular flexibility index (Phi) is 8.28. The number of anilines is 1. The molecule has 2 amide bonds. The van der Waals surface area contributed by atoms with Crippen LogP contribution in [0.5, 0.6) is 0 Å². The van der Waals surface area contributed by atoms with Gasteiger partial charge >= 0.3 is 5.97 Å². The van der Waals surface area contributed by atoms with Gasteiger partial charge in [-0.3, -0.25) is 14.4 Å². The number of fused-ring (bicyclic) bond motifs is 1. The fraction of sp³-hybridized carbons (Fsp3) is 0.469. The fourth-order valence-corrected chi connectivity index (χ4v) is 7.55. The van der Waals surface area contributed by atoms with Crippen LogP contribution in [-0.2, 0) is 30.3 Å². The van der Waals surface area contributed by atoms with Crippen molar-refractivity contribution < 1.29 is 29.0 Å². The maximum Gasteiger partial charge on any atom is 0.312 e. The molecule has 0 aromatic heterocycles. The lowest BCUT2D eigenvalue weighted by Crippen LogP contribution is -2.59. The molecule has 5 rings (SSSR count). The average Bonchev–Trinajstić information content (AvgIpc) is 3.59. The quantitative estimate of drug-likeness (QED) is 0.316. The third kappa shape index (κ3) is 4.66. The van der Waals surface area contributed by atoms with E-state index in [1.165, 1.54) is 9.80 Å². The Balaban J connectivity index is 1.66. The summed E-state index contributed by atoms with van der Waals surface area (Å²) in [6.07, 6.45) is 3.37. The van der Waals surface area contributed by atoms with Crippen LogP contribution in [0.15, 0.2) is 67.3 Å². The van der Waals surface area contributed by atoms with Gasteiger partial charge in [-0.15, -0.1) is 6.58 Å². The maximum atomic E-state index is 14.8. The van der Waals surface area contributed by atoms with Gasteiger partial charge in [-0.05, 0) is 50.3 Å². The van der Waals surface area contributed by atoms with Crippen molar-refractivity contribution in [3.05, 3.63) is 77.8 Å². The Morgan fingerprint density at radius 3 is 2.54 bits per heavy atom. The van der Waals surface area contributed by atoms with E-state index in [-0.39, 0.29) is 25.7 Å². The van der Waals surface area contributed by atoms with Crippen LogP contribution < -0.4 is 4.90 Å². The molecule has 2 unspecified atom stereocenters. The number of amides is 2. The van der Waals surface area contributed by atoms with E-state index in [2.05, 4.69) is 6.58 Å². The molecule has 6 atom stereocenters. The number of aliphatic hydroxyl groups excluding tert-OH is 1. The molecule has 41 heavy (non-hydrogen) atoms. The molecule has 9 heteroatoms. The van der Waals surface area contributed by atoms with Crippen LogP contribution in [0.1, 0.15) is 38.7 Å². The van der Waals surface area contributed by atoms with Crippen molar-refractivity contribution in [3.8, 4) is 0 Å². The molecule has 3 aliphatic rings. The number of hydrogen-bond acceptors (Lipinski definition) is 6. The van der Waals surface area contributed by atoms with E-state index in [4.69, 9.17) is 21.1 Å². The van der Waals surface area contributed by atoms with E-state index < -0.39 is 47.0 Å². The number of halogens is 1. The van der Waals surface area contributed by atoms with Gasteiger partial charge in [0.15, 0.2) is 0 Å². The molecule has 3 fully saturated rings. The molecule has 3 saturated heterocycles. The lowest BCUT2D eigenvalue weighted by molar-refractivity contribution is -0.161. The number of carbonyl (C=O) groups excluding carboxylic acids is 3. The van der Waals surface area contributed by atoms with Crippen molar-refractivity contribution in [1.82, 2.24) is 4.90 Å². The molecule has 0 radical (unpaired) electrons. The van der Waals surface area contributed by atoms with Crippen molar-refractivity contribution in [2.75, 3.05) is 24.7 Å². The first-order chi connectivity index (χ1) is 19.8. The van der Waals surface area contributed by atoms with Gasteiger partial charge in [0.1, 0.15) is 17.6 Å². The molecule has 8 nitrogen and oxygen atoms in total.